The molecule has 100 valence electrons. The first-order valence-electron chi connectivity index (χ1n) is 5.86. The maximum absolute atomic E-state index is 11.7. The van der Waals surface area contributed by atoms with E-state index in [0.717, 1.165) is 12.8 Å². The van der Waals surface area contributed by atoms with Gasteiger partial charge in [0.1, 0.15) is 6.61 Å². The smallest absolute Gasteiger partial charge is 0.324 e. The Hall–Kier alpha value is -0.620. The largest absolute Gasteiger partial charge is 0.462 e. The first-order chi connectivity index (χ1) is 7.85. The number of carbonyl (C=O) groups is 1. The van der Waals surface area contributed by atoms with E-state index in [1.165, 1.54) is 6.92 Å². The maximum Gasteiger partial charge on any atom is 0.324 e. The van der Waals surface area contributed by atoms with Crippen molar-refractivity contribution < 1.29 is 22.7 Å². The zero-order valence-electron chi connectivity index (χ0n) is 10.5. The van der Waals surface area contributed by atoms with Gasteiger partial charge in [0, 0.05) is 6.61 Å². The lowest BCUT2D eigenvalue weighted by atomic mass is 10.2. The van der Waals surface area contributed by atoms with Crippen LogP contribution in [0.25, 0.3) is 0 Å². The zero-order chi connectivity index (χ0) is 13.1. The number of carbonyl (C=O) groups excluding carboxylic acids is 1. The van der Waals surface area contributed by atoms with Crippen molar-refractivity contribution >= 4 is 15.8 Å². The fraction of sp³-hybridized carbons (Fsp3) is 0.909. The first-order valence-corrected chi connectivity index (χ1v) is 7.47. The van der Waals surface area contributed by atoms with Crippen LogP contribution < -0.4 is 0 Å². The molecule has 1 heterocycles. The standard InChI is InChI=1S/C11H20O5S/c1-8(2)17(13,14)9(3)11(12)16-7-10-5-4-6-15-10/h8-10H,4-7H2,1-3H3. The topological polar surface area (TPSA) is 69.7 Å². The molecule has 0 aromatic carbocycles. The van der Waals surface area contributed by atoms with E-state index >= 15 is 0 Å². The van der Waals surface area contributed by atoms with Crippen LogP contribution in [-0.2, 0) is 24.1 Å². The highest BCUT2D eigenvalue weighted by Gasteiger charge is 2.32. The van der Waals surface area contributed by atoms with Crippen molar-refractivity contribution in [3.05, 3.63) is 0 Å². The van der Waals surface area contributed by atoms with Crippen LogP contribution in [0.1, 0.15) is 33.6 Å². The fourth-order valence-corrected chi connectivity index (χ4v) is 2.76. The van der Waals surface area contributed by atoms with Crippen molar-refractivity contribution in [2.45, 2.75) is 50.2 Å². The van der Waals surface area contributed by atoms with Crippen LogP contribution in [0.15, 0.2) is 0 Å². The molecule has 0 N–H and O–H groups in total. The maximum atomic E-state index is 11.7. The van der Waals surface area contributed by atoms with Gasteiger partial charge in [-0.15, -0.1) is 0 Å². The normalized spacial score (nSPS) is 22.7. The molecule has 0 bridgehead atoms. The summed E-state index contributed by atoms with van der Waals surface area (Å²) in [4.78, 5) is 11.6. The molecule has 0 aliphatic carbocycles. The molecule has 0 amide bonds. The molecule has 6 heteroatoms. The van der Waals surface area contributed by atoms with E-state index in [2.05, 4.69) is 0 Å². The van der Waals surface area contributed by atoms with Crippen LogP contribution in [0, 0.1) is 0 Å². The highest BCUT2D eigenvalue weighted by molar-refractivity contribution is 7.93. The average molecular weight is 264 g/mol. The lowest BCUT2D eigenvalue weighted by Gasteiger charge is -2.16. The van der Waals surface area contributed by atoms with E-state index in [1.807, 2.05) is 0 Å². The van der Waals surface area contributed by atoms with E-state index in [9.17, 15) is 13.2 Å². The SMILES string of the molecule is CC(C)S(=O)(=O)C(C)C(=O)OCC1CCCO1. The molecule has 1 aliphatic rings. The molecular weight excluding hydrogens is 244 g/mol. The van der Waals surface area contributed by atoms with Crippen LogP contribution >= 0.6 is 0 Å². The molecule has 5 nitrogen and oxygen atoms in total. The second-order valence-electron chi connectivity index (χ2n) is 4.55. The number of esters is 1. The molecule has 1 fully saturated rings. The minimum absolute atomic E-state index is 0.0760. The van der Waals surface area contributed by atoms with Gasteiger partial charge in [-0.25, -0.2) is 8.42 Å². The van der Waals surface area contributed by atoms with Gasteiger partial charge >= 0.3 is 5.97 Å². The van der Waals surface area contributed by atoms with Crippen LogP contribution in [0.4, 0.5) is 0 Å². The monoisotopic (exact) mass is 264 g/mol. The van der Waals surface area contributed by atoms with Gasteiger partial charge in [-0.05, 0) is 33.6 Å². The molecule has 0 radical (unpaired) electrons. The van der Waals surface area contributed by atoms with Crippen LogP contribution in [0.2, 0.25) is 0 Å². The second kappa shape index (κ2) is 5.82. The summed E-state index contributed by atoms with van der Waals surface area (Å²) in [5, 5.41) is -1.68. The number of rotatable bonds is 5. The molecular formula is C11H20O5S. The first kappa shape index (κ1) is 14.4. The third-order valence-electron chi connectivity index (χ3n) is 2.92. The molecule has 0 saturated carbocycles. The van der Waals surface area contributed by atoms with E-state index < -0.39 is 26.3 Å². The summed E-state index contributed by atoms with van der Waals surface area (Å²) in [6.07, 6.45) is 1.74. The highest BCUT2D eigenvalue weighted by Crippen LogP contribution is 2.14. The number of sulfone groups is 1. The molecule has 1 rings (SSSR count). The lowest BCUT2D eigenvalue weighted by molar-refractivity contribution is -0.146. The molecule has 0 spiro atoms. The molecule has 0 aromatic rings. The van der Waals surface area contributed by atoms with E-state index in [0.29, 0.717) is 6.61 Å². The molecule has 2 atom stereocenters. The minimum atomic E-state index is -3.44. The highest BCUT2D eigenvalue weighted by atomic mass is 32.2. The zero-order valence-corrected chi connectivity index (χ0v) is 11.3. The summed E-state index contributed by atoms with van der Waals surface area (Å²) in [5.41, 5.74) is 0. The molecule has 17 heavy (non-hydrogen) atoms. The number of ether oxygens (including phenoxy) is 2. The fourth-order valence-electron chi connectivity index (χ4n) is 1.61. The average Bonchev–Trinajstić information content (AvgIpc) is 2.77. The number of hydrogen-bond acceptors (Lipinski definition) is 5. The Morgan fingerprint density at radius 1 is 1.41 bits per heavy atom. The Labute approximate surface area is 102 Å². The van der Waals surface area contributed by atoms with Gasteiger partial charge in [0.15, 0.2) is 15.1 Å². The molecule has 1 aliphatic heterocycles. The predicted octanol–water partition coefficient (Wildman–Crippen LogP) is 0.920. The molecule has 0 aromatic heterocycles. The Kier molecular flexibility index (Phi) is 4.94. The summed E-state index contributed by atoms with van der Waals surface area (Å²) in [5.74, 6) is -0.686. The third kappa shape index (κ3) is 3.67. The molecule has 1 saturated heterocycles. The Bertz CT molecular complexity index is 354. The summed E-state index contributed by atoms with van der Waals surface area (Å²) >= 11 is 0. The van der Waals surface area contributed by atoms with Gasteiger partial charge in [0.2, 0.25) is 0 Å². The van der Waals surface area contributed by atoms with Crippen molar-refractivity contribution in [2.75, 3.05) is 13.2 Å². The van der Waals surface area contributed by atoms with Crippen molar-refractivity contribution in [3.63, 3.8) is 0 Å². The van der Waals surface area contributed by atoms with E-state index in [1.54, 1.807) is 13.8 Å². The lowest BCUT2D eigenvalue weighted by Crippen LogP contribution is -2.35. The molecule has 2 unspecified atom stereocenters. The van der Waals surface area contributed by atoms with Crippen molar-refractivity contribution in [1.29, 1.82) is 0 Å². The quantitative estimate of drug-likeness (QED) is 0.691. The second-order valence-corrected chi connectivity index (χ2v) is 7.37. The van der Waals surface area contributed by atoms with Gasteiger partial charge < -0.3 is 9.47 Å². The van der Waals surface area contributed by atoms with Crippen molar-refractivity contribution in [2.24, 2.45) is 0 Å². The summed E-state index contributed by atoms with van der Waals surface area (Å²) in [7, 11) is -3.44. The number of hydrogen-bond donors (Lipinski definition) is 0. The summed E-state index contributed by atoms with van der Waals surface area (Å²) in [6, 6.07) is 0. The van der Waals surface area contributed by atoms with Gasteiger partial charge in [-0.2, -0.15) is 0 Å². The van der Waals surface area contributed by atoms with Gasteiger partial charge in [-0.3, -0.25) is 4.79 Å². The Morgan fingerprint density at radius 2 is 2.06 bits per heavy atom. The minimum Gasteiger partial charge on any atom is -0.462 e. The predicted molar refractivity (Wildman–Crippen MR) is 63.5 cm³/mol. The van der Waals surface area contributed by atoms with Gasteiger partial charge in [0.25, 0.3) is 0 Å². The van der Waals surface area contributed by atoms with Crippen molar-refractivity contribution in [3.8, 4) is 0 Å². The van der Waals surface area contributed by atoms with Crippen LogP contribution in [0.5, 0.6) is 0 Å². The van der Waals surface area contributed by atoms with Gasteiger partial charge in [-0.1, -0.05) is 0 Å². The summed E-state index contributed by atoms with van der Waals surface area (Å²) in [6.45, 7) is 5.31. The third-order valence-corrected chi connectivity index (χ3v) is 5.41. The van der Waals surface area contributed by atoms with Crippen LogP contribution in [0.3, 0.4) is 0 Å². The van der Waals surface area contributed by atoms with Crippen molar-refractivity contribution in [1.82, 2.24) is 0 Å². The summed E-state index contributed by atoms with van der Waals surface area (Å²) < 4.78 is 33.7. The Morgan fingerprint density at radius 3 is 2.53 bits per heavy atom. The van der Waals surface area contributed by atoms with E-state index in [4.69, 9.17) is 9.47 Å². The van der Waals surface area contributed by atoms with E-state index in [-0.39, 0.29) is 12.7 Å². The van der Waals surface area contributed by atoms with Gasteiger partial charge in [0.05, 0.1) is 11.4 Å². The van der Waals surface area contributed by atoms with Crippen LogP contribution in [-0.4, -0.2) is 44.2 Å². The Balaban J connectivity index is 2.46.